The highest BCUT2D eigenvalue weighted by Crippen LogP contribution is 2.13. The van der Waals surface area contributed by atoms with Crippen LogP contribution < -0.4 is 16.0 Å². The fourth-order valence-corrected chi connectivity index (χ4v) is 4.39. The summed E-state index contributed by atoms with van der Waals surface area (Å²) in [6.45, 7) is 3.22. The molecule has 0 fully saturated rings. The fraction of sp³-hybridized carbons (Fsp3) is 0.387. The quantitative estimate of drug-likeness (QED) is 0.217. The van der Waals surface area contributed by atoms with Crippen LogP contribution in [0.25, 0.3) is 0 Å². The summed E-state index contributed by atoms with van der Waals surface area (Å²) < 4.78 is 27.6. The number of benzene rings is 2. The smallest absolute Gasteiger partial charge is 0.220 e. The van der Waals surface area contributed by atoms with Crippen LogP contribution in [0.1, 0.15) is 48.6 Å². The largest absolute Gasteiger partial charge is 0.390 e. The first kappa shape index (κ1) is 30.8. The van der Waals surface area contributed by atoms with Gasteiger partial charge in [0.15, 0.2) is 0 Å². The SMILES string of the molecule is CCc1cccc(CNC[C@@H](O)[C@H](Cc2cc(F)cc(F)c2)NC(=O)CCCC(=O)NCCc2ccccn2)c1. The fourth-order valence-electron chi connectivity index (χ4n) is 4.39. The second-order valence-electron chi connectivity index (χ2n) is 9.80. The summed E-state index contributed by atoms with van der Waals surface area (Å²) in [6, 6.07) is 16.1. The zero-order valence-electron chi connectivity index (χ0n) is 22.8. The molecule has 0 unspecified atom stereocenters. The minimum absolute atomic E-state index is 0.0442. The monoisotopic (exact) mass is 552 g/mol. The number of aromatic nitrogens is 1. The Morgan fingerprint density at radius 3 is 2.40 bits per heavy atom. The van der Waals surface area contributed by atoms with Gasteiger partial charge < -0.3 is 21.1 Å². The molecule has 0 aliphatic heterocycles. The molecule has 2 aromatic carbocycles. The van der Waals surface area contributed by atoms with Gasteiger partial charge in [-0.15, -0.1) is 0 Å². The summed E-state index contributed by atoms with van der Waals surface area (Å²) in [7, 11) is 0. The normalized spacial score (nSPS) is 12.5. The molecule has 0 saturated carbocycles. The Balaban J connectivity index is 1.49. The third-order valence-electron chi connectivity index (χ3n) is 6.51. The lowest BCUT2D eigenvalue weighted by atomic mass is 10.00. The van der Waals surface area contributed by atoms with Crippen molar-refractivity contribution >= 4 is 11.8 Å². The van der Waals surface area contributed by atoms with Crippen molar-refractivity contribution in [3.63, 3.8) is 0 Å². The second kappa shape index (κ2) is 16.4. The molecule has 2 amide bonds. The van der Waals surface area contributed by atoms with E-state index >= 15 is 0 Å². The van der Waals surface area contributed by atoms with Crippen LogP contribution in [0.2, 0.25) is 0 Å². The number of hydrogen-bond acceptors (Lipinski definition) is 5. The van der Waals surface area contributed by atoms with Crippen molar-refractivity contribution in [2.75, 3.05) is 13.1 Å². The van der Waals surface area contributed by atoms with Gasteiger partial charge in [-0.2, -0.15) is 0 Å². The number of pyridine rings is 1. The molecular formula is C31H38F2N4O3. The predicted molar refractivity (Wildman–Crippen MR) is 150 cm³/mol. The second-order valence-corrected chi connectivity index (χ2v) is 9.80. The Kier molecular flexibility index (Phi) is 12.7. The minimum Gasteiger partial charge on any atom is -0.390 e. The number of nitrogens with zero attached hydrogens (tertiary/aromatic N) is 1. The molecule has 4 N–H and O–H groups in total. The summed E-state index contributed by atoms with van der Waals surface area (Å²) in [5, 5.41) is 19.7. The van der Waals surface area contributed by atoms with Crippen LogP contribution >= 0.6 is 0 Å². The molecule has 3 rings (SSSR count). The van der Waals surface area contributed by atoms with E-state index in [1.54, 1.807) is 6.20 Å². The molecule has 9 heteroatoms. The molecule has 0 spiro atoms. The van der Waals surface area contributed by atoms with Crippen LogP contribution in [-0.2, 0) is 35.4 Å². The van der Waals surface area contributed by atoms with Crippen molar-refractivity contribution in [2.24, 2.45) is 0 Å². The maximum Gasteiger partial charge on any atom is 0.220 e. The van der Waals surface area contributed by atoms with Crippen LogP contribution in [0.15, 0.2) is 66.9 Å². The number of nitrogens with one attached hydrogen (secondary N) is 3. The van der Waals surface area contributed by atoms with E-state index in [9.17, 15) is 23.5 Å². The van der Waals surface area contributed by atoms with E-state index in [1.807, 2.05) is 36.4 Å². The van der Waals surface area contributed by atoms with Crippen molar-refractivity contribution < 1.29 is 23.5 Å². The Labute approximate surface area is 234 Å². The van der Waals surface area contributed by atoms with Crippen LogP contribution in [0, 0.1) is 11.6 Å². The molecule has 214 valence electrons. The van der Waals surface area contributed by atoms with Crippen molar-refractivity contribution in [1.29, 1.82) is 0 Å². The zero-order valence-corrected chi connectivity index (χ0v) is 22.8. The van der Waals surface area contributed by atoms with E-state index in [0.29, 0.717) is 31.5 Å². The highest BCUT2D eigenvalue weighted by molar-refractivity contribution is 5.79. The Morgan fingerprint density at radius 2 is 1.68 bits per heavy atom. The summed E-state index contributed by atoms with van der Waals surface area (Å²) in [5.74, 6) is -1.96. The van der Waals surface area contributed by atoms with Gasteiger partial charge in [0.05, 0.1) is 12.1 Å². The Bertz CT molecular complexity index is 1210. The van der Waals surface area contributed by atoms with Gasteiger partial charge in [0.2, 0.25) is 11.8 Å². The van der Waals surface area contributed by atoms with Gasteiger partial charge in [-0.05, 0) is 60.2 Å². The number of amides is 2. The lowest BCUT2D eigenvalue weighted by Gasteiger charge is -2.25. The number of hydrogen-bond donors (Lipinski definition) is 4. The average Bonchev–Trinajstić information content (AvgIpc) is 2.93. The van der Waals surface area contributed by atoms with E-state index in [0.717, 1.165) is 23.7 Å². The highest BCUT2D eigenvalue weighted by atomic mass is 19.1. The molecule has 40 heavy (non-hydrogen) atoms. The van der Waals surface area contributed by atoms with E-state index in [1.165, 1.54) is 17.7 Å². The molecule has 1 heterocycles. The van der Waals surface area contributed by atoms with Crippen molar-refractivity contribution in [2.45, 2.75) is 64.1 Å². The Hall–Kier alpha value is -3.69. The number of aliphatic hydroxyl groups is 1. The molecule has 0 saturated heterocycles. The average molecular weight is 553 g/mol. The molecule has 0 bridgehead atoms. The summed E-state index contributed by atoms with van der Waals surface area (Å²) >= 11 is 0. The lowest BCUT2D eigenvalue weighted by Crippen LogP contribution is -2.48. The molecule has 0 aliphatic rings. The third kappa shape index (κ3) is 11.2. The van der Waals surface area contributed by atoms with Crippen molar-refractivity contribution in [3.05, 3.63) is 101 Å². The maximum absolute atomic E-state index is 13.8. The topological polar surface area (TPSA) is 103 Å². The van der Waals surface area contributed by atoms with Gasteiger partial charge in [0.1, 0.15) is 11.6 Å². The van der Waals surface area contributed by atoms with Crippen molar-refractivity contribution in [3.8, 4) is 0 Å². The van der Waals surface area contributed by atoms with Gasteiger partial charge in [-0.1, -0.05) is 37.3 Å². The maximum atomic E-state index is 13.8. The van der Waals surface area contributed by atoms with Crippen LogP contribution in [0.3, 0.4) is 0 Å². The number of aliphatic hydroxyl groups excluding tert-OH is 1. The van der Waals surface area contributed by atoms with Crippen LogP contribution in [0.5, 0.6) is 0 Å². The molecular weight excluding hydrogens is 514 g/mol. The van der Waals surface area contributed by atoms with E-state index in [4.69, 9.17) is 0 Å². The number of carbonyl (C=O) groups is 2. The number of aryl methyl sites for hydroxylation is 1. The third-order valence-corrected chi connectivity index (χ3v) is 6.51. The molecule has 2 atom stereocenters. The summed E-state index contributed by atoms with van der Waals surface area (Å²) in [6.07, 6.45) is 2.84. The first-order valence-electron chi connectivity index (χ1n) is 13.7. The van der Waals surface area contributed by atoms with Crippen LogP contribution in [-0.4, -0.2) is 47.1 Å². The number of carbonyl (C=O) groups excluding carboxylic acids is 2. The van der Waals surface area contributed by atoms with Gasteiger partial charge in [-0.3, -0.25) is 14.6 Å². The van der Waals surface area contributed by atoms with Gasteiger partial charge in [0, 0.05) is 56.9 Å². The van der Waals surface area contributed by atoms with Gasteiger partial charge >= 0.3 is 0 Å². The van der Waals surface area contributed by atoms with E-state index < -0.39 is 23.8 Å². The van der Waals surface area contributed by atoms with E-state index in [-0.39, 0.29) is 37.6 Å². The van der Waals surface area contributed by atoms with E-state index in [2.05, 4.69) is 33.9 Å². The number of rotatable bonds is 16. The summed E-state index contributed by atoms with van der Waals surface area (Å²) in [4.78, 5) is 29.1. The summed E-state index contributed by atoms with van der Waals surface area (Å²) in [5.41, 5.74) is 3.48. The molecule has 1 aromatic heterocycles. The van der Waals surface area contributed by atoms with Gasteiger partial charge in [-0.25, -0.2) is 8.78 Å². The molecule has 0 aliphatic carbocycles. The van der Waals surface area contributed by atoms with Gasteiger partial charge in [0.25, 0.3) is 0 Å². The highest BCUT2D eigenvalue weighted by Gasteiger charge is 2.22. The minimum atomic E-state index is -1.01. The first-order valence-corrected chi connectivity index (χ1v) is 13.7. The predicted octanol–water partition coefficient (Wildman–Crippen LogP) is 3.63. The molecule has 3 aromatic rings. The zero-order chi connectivity index (χ0) is 28.7. The molecule has 7 nitrogen and oxygen atoms in total. The Morgan fingerprint density at radius 1 is 0.925 bits per heavy atom. The van der Waals surface area contributed by atoms with Crippen LogP contribution in [0.4, 0.5) is 8.78 Å². The lowest BCUT2D eigenvalue weighted by molar-refractivity contribution is -0.123. The first-order chi connectivity index (χ1) is 19.3. The number of halogens is 2. The standard InChI is InChI=1S/C31H38F2N4O3/c1-2-22-7-5-8-23(15-22)20-34-21-29(38)28(18-24-16-25(32)19-26(33)17-24)37-31(40)11-6-10-30(39)36-14-12-27-9-3-4-13-35-27/h3-5,7-9,13,15-17,19,28-29,34,38H,2,6,10-12,14,18,20-21H2,1H3,(H,36,39)(H,37,40)/t28-,29+/m0/s1. The molecule has 0 radical (unpaired) electrons. The van der Waals surface area contributed by atoms with Crippen molar-refractivity contribution in [1.82, 2.24) is 20.9 Å².